The first-order valence-corrected chi connectivity index (χ1v) is 10.1. The van der Waals surface area contributed by atoms with Gasteiger partial charge in [-0.15, -0.1) is 0 Å². The summed E-state index contributed by atoms with van der Waals surface area (Å²) < 4.78 is 21.3. The molecule has 0 amide bonds. The highest BCUT2D eigenvalue weighted by Crippen LogP contribution is 2.35. The van der Waals surface area contributed by atoms with E-state index in [-0.39, 0.29) is 12.4 Å². The zero-order chi connectivity index (χ0) is 21.4. The minimum absolute atomic E-state index is 0.271. The van der Waals surface area contributed by atoms with Gasteiger partial charge in [0.1, 0.15) is 23.0 Å². The van der Waals surface area contributed by atoms with E-state index in [1.54, 1.807) is 22.9 Å². The van der Waals surface area contributed by atoms with Gasteiger partial charge in [0.05, 0.1) is 19.8 Å². The topological polar surface area (TPSA) is 120 Å². The van der Waals surface area contributed by atoms with E-state index in [4.69, 9.17) is 16.2 Å². The first kappa shape index (κ1) is 19.3. The Morgan fingerprint density at radius 3 is 2.58 bits per heavy atom. The van der Waals surface area contributed by atoms with Crippen LogP contribution in [0.15, 0.2) is 30.3 Å². The number of hydrogen-bond donors (Lipinski definition) is 3. The largest absolute Gasteiger partial charge is 0.382 e. The lowest BCUT2D eigenvalue weighted by Crippen LogP contribution is -2.37. The van der Waals surface area contributed by atoms with Crippen molar-refractivity contribution in [2.75, 3.05) is 54.5 Å². The number of aromatic nitrogens is 4. The second kappa shape index (κ2) is 7.88. The lowest BCUT2D eigenvalue weighted by atomic mass is 10.1. The number of nitrogen functional groups attached to an aromatic ring is 2. The zero-order valence-electron chi connectivity index (χ0n) is 16.9. The van der Waals surface area contributed by atoms with Gasteiger partial charge in [-0.05, 0) is 6.07 Å². The van der Waals surface area contributed by atoms with Crippen molar-refractivity contribution >= 4 is 29.2 Å². The van der Waals surface area contributed by atoms with Gasteiger partial charge < -0.3 is 26.4 Å². The van der Waals surface area contributed by atoms with Crippen molar-refractivity contribution in [3.8, 4) is 11.5 Å². The number of rotatable bonds is 4. The summed E-state index contributed by atoms with van der Waals surface area (Å²) in [6.07, 6.45) is 3.94. The summed E-state index contributed by atoms with van der Waals surface area (Å²) in [5.41, 5.74) is 15.1. The van der Waals surface area contributed by atoms with Crippen molar-refractivity contribution in [2.45, 2.75) is 6.54 Å². The average molecular weight is 422 g/mol. The Bertz CT molecular complexity index is 1130. The van der Waals surface area contributed by atoms with E-state index in [9.17, 15) is 4.39 Å². The van der Waals surface area contributed by atoms with Crippen molar-refractivity contribution in [1.82, 2.24) is 19.7 Å². The molecule has 1 aromatic carbocycles. The van der Waals surface area contributed by atoms with E-state index >= 15 is 0 Å². The van der Waals surface area contributed by atoms with Gasteiger partial charge in [0.2, 0.25) is 0 Å². The molecular weight excluding hydrogens is 399 g/mol. The Labute approximate surface area is 178 Å². The summed E-state index contributed by atoms with van der Waals surface area (Å²) in [6, 6.07) is 6.65. The Kier molecular flexibility index (Phi) is 4.91. The van der Waals surface area contributed by atoms with Crippen LogP contribution in [0.4, 0.5) is 27.5 Å². The van der Waals surface area contributed by atoms with Crippen molar-refractivity contribution < 1.29 is 9.13 Å². The molecule has 0 spiro atoms. The third-order valence-electron chi connectivity index (χ3n) is 5.42. The van der Waals surface area contributed by atoms with Gasteiger partial charge >= 0.3 is 0 Å². The fourth-order valence-corrected chi connectivity index (χ4v) is 3.93. The molecule has 0 unspecified atom stereocenters. The quantitative estimate of drug-likeness (QED) is 0.584. The second-order valence-electron chi connectivity index (χ2n) is 7.41. The summed E-state index contributed by atoms with van der Waals surface area (Å²) in [5, 5.41) is 7.99. The molecule has 0 atom stereocenters. The smallest absolute Gasteiger partial charge is 0.184 e. The fourth-order valence-electron chi connectivity index (χ4n) is 3.93. The van der Waals surface area contributed by atoms with Crippen molar-refractivity contribution in [1.29, 1.82) is 0 Å². The lowest BCUT2D eigenvalue weighted by molar-refractivity contribution is 0.123. The van der Waals surface area contributed by atoms with Gasteiger partial charge in [-0.25, -0.2) is 19.0 Å². The third-order valence-corrected chi connectivity index (χ3v) is 5.42. The van der Waals surface area contributed by atoms with Crippen molar-refractivity contribution in [3.05, 3.63) is 47.3 Å². The molecule has 5 N–H and O–H groups in total. The molecule has 4 heterocycles. The highest BCUT2D eigenvalue weighted by atomic mass is 19.1. The average Bonchev–Trinajstić information content (AvgIpc) is 3.14. The maximum atomic E-state index is 14.2. The van der Waals surface area contributed by atoms with E-state index in [0.29, 0.717) is 67.3 Å². The highest BCUT2D eigenvalue weighted by Gasteiger charge is 2.25. The SMILES string of the molecule is Nc1nc(-c2nn(Cc3ccccc3F)c3c2C=CCN3)nc(N)c1N1CCOCC1. The van der Waals surface area contributed by atoms with Gasteiger partial charge in [-0.1, -0.05) is 30.4 Å². The standard InChI is InChI=1S/C21H23FN8O/c22-15-6-2-1-4-13(15)12-30-21-14(5-3-7-25-21)16(28-30)20-26-18(23)17(19(24)27-20)29-8-10-31-11-9-29/h1-6,25H,7-12H2,(H4,23,24,26,27). The second-order valence-corrected chi connectivity index (χ2v) is 7.41. The van der Waals surface area contributed by atoms with E-state index < -0.39 is 0 Å². The molecule has 5 rings (SSSR count). The van der Waals surface area contributed by atoms with Crippen LogP contribution in [-0.2, 0) is 11.3 Å². The molecule has 0 bridgehead atoms. The Hall–Kier alpha value is -3.66. The Morgan fingerprint density at radius 1 is 1.10 bits per heavy atom. The summed E-state index contributed by atoms with van der Waals surface area (Å²) in [7, 11) is 0. The number of nitrogens with zero attached hydrogens (tertiary/aromatic N) is 5. The molecule has 2 aromatic heterocycles. The molecule has 31 heavy (non-hydrogen) atoms. The molecule has 0 radical (unpaired) electrons. The highest BCUT2D eigenvalue weighted by molar-refractivity contribution is 5.82. The molecule has 1 saturated heterocycles. The number of benzene rings is 1. The summed E-state index contributed by atoms with van der Waals surface area (Å²) >= 11 is 0. The van der Waals surface area contributed by atoms with E-state index in [0.717, 1.165) is 11.4 Å². The summed E-state index contributed by atoms with van der Waals surface area (Å²) in [5.74, 6) is 1.44. The van der Waals surface area contributed by atoms with Crippen LogP contribution in [-0.4, -0.2) is 52.6 Å². The third kappa shape index (κ3) is 3.55. The predicted molar refractivity (Wildman–Crippen MR) is 118 cm³/mol. The molecular formula is C21H23FN8O. The fraction of sp³-hybridized carbons (Fsp3) is 0.286. The molecule has 9 nitrogen and oxygen atoms in total. The molecule has 0 saturated carbocycles. The minimum atomic E-state index is -0.278. The first-order chi connectivity index (χ1) is 15.1. The maximum Gasteiger partial charge on any atom is 0.184 e. The van der Waals surface area contributed by atoms with Gasteiger partial charge in [-0.2, -0.15) is 5.10 Å². The van der Waals surface area contributed by atoms with Gasteiger partial charge in [0.25, 0.3) is 0 Å². The van der Waals surface area contributed by atoms with Crippen LogP contribution in [0, 0.1) is 5.82 Å². The van der Waals surface area contributed by atoms with E-state index in [2.05, 4.69) is 20.4 Å². The number of ether oxygens (including phenoxy) is 1. The number of morpholine rings is 1. The summed E-state index contributed by atoms with van der Waals surface area (Å²) in [4.78, 5) is 11.1. The molecule has 160 valence electrons. The molecule has 3 aromatic rings. The number of halogens is 1. The molecule has 1 fully saturated rings. The minimum Gasteiger partial charge on any atom is -0.382 e. The number of fused-ring (bicyclic) bond motifs is 1. The molecule has 2 aliphatic heterocycles. The Balaban J connectivity index is 1.55. The molecule has 0 aliphatic carbocycles. The van der Waals surface area contributed by atoms with Crippen LogP contribution in [0.2, 0.25) is 0 Å². The zero-order valence-corrected chi connectivity index (χ0v) is 16.9. The number of anilines is 4. The van der Waals surface area contributed by atoms with E-state index in [1.165, 1.54) is 6.07 Å². The molecule has 10 heteroatoms. The van der Waals surface area contributed by atoms with Crippen LogP contribution < -0.4 is 21.7 Å². The summed E-state index contributed by atoms with van der Waals surface area (Å²) in [6.45, 7) is 3.48. The van der Waals surface area contributed by atoms with Crippen LogP contribution in [0.5, 0.6) is 0 Å². The van der Waals surface area contributed by atoms with Gasteiger partial charge in [0.15, 0.2) is 17.5 Å². The van der Waals surface area contributed by atoms with Crippen LogP contribution in [0.25, 0.3) is 17.6 Å². The number of hydrogen-bond acceptors (Lipinski definition) is 8. The normalized spacial score (nSPS) is 15.6. The van der Waals surface area contributed by atoms with Gasteiger partial charge in [0, 0.05) is 30.8 Å². The van der Waals surface area contributed by atoms with Crippen LogP contribution >= 0.6 is 0 Å². The monoisotopic (exact) mass is 422 g/mol. The first-order valence-electron chi connectivity index (χ1n) is 10.1. The lowest BCUT2D eigenvalue weighted by Gasteiger charge is -2.30. The van der Waals surface area contributed by atoms with Gasteiger partial charge in [-0.3, -0.25) is 0 Å². The Morgan fingerprint density at radius 2 is 1.84 bits per heavy atom. The van der Waals surface area contributed by atoms with Crippen molar-refractivity contribution in [3.63, 3.8) is 0 Å². The van der Waals surface area contributed by atoms with E-state index in [1.807, 2.05) is 17.1 Å². The molecule has 2 aliphatic rings. The number of nitrogens with one attached hydrogen (secondary N) is 1. The van der Waals surface area contributed by atoms with Crippen molar-refractivity contribution in [2.24, 2.45) is 0 Å². The number of nitrogens with two attached hydrogens (primary N) is 2. The van der Waals surface area contributed by atoms with Crippen LogP contribution in [0.1, 0.15) is 11.1 Å². The maximum absolute atomic E-state index is 14.2. The van der Waals surface area contributed by atoms with Crippen LogP contribution in [0.3, 0.4) is 0 Å². The predicted octanol–water partition coefficient (Wildman–Crippen LogP) is 1.97.